The number of halogens is 2. The van der Waals surface area contributed by atoms with Gasteiger partial charge in [0.2, 0.25) is 11.8 Å². The van der Waals surface area contributed by atoms with Crippen molar-refractivity contribution in [3.05, 3.63) is 118 Å². The van der Waals surface area contributed by atoms with Gasteiger partial charge < -0.3 is 19.7 Å². The molecular weight excluding hydrogens is 689 g/mol. The zero-order chi connectivity index (χ0) is 33.4. The number of ether oxygens (including phenoxy) is 2. The second kappa shape index (κ2) is 15.4. The molecule has 1 heterocycles. The molecule has 0 unspecified atom stereocenters. The Labute approximate surface area is 282 Å². The van der Waals surface area contributed by atoms with Crippen LogP contribution in [0.15, 0.2) is 106 Å². The maximum Gasteiger partial charge on any atom is 0.264 e. The van der Waals surface area contributed by atoms with Crippen molar-refractivity contribution in [1.29, 1.82) is 0 Å². The largest absolute Gasteiger partial charge is 0.486 e. The van der Waals surface area contributed by atoms with Gasteiger partial charge >= 0.3 is 0 Å². The molecule has 0 radical (unpaired) electrons. The van der Waals surface area contributed by atoms with E-state index in [4.69, 9.17) is 9.47 Å². The van der Waals surface area contributed by atoms with Crippen molar-refractivity contribution in [3.8, 4) is 11.5 Å². The third kappa shape index (κ3) is 8.49. The third-order valence-electron chi connectivity index (χ3n) is 7.56. The first-order valence-corrected chi connectivity index (χ1v) is 17.4. The van der Waals surface area contributed by atoms with Gasteiger partial charge in [-0.1, -0.05) is 65.3 Å². The zero-order valence-electron chi connectivity index (χ0n) is 25.8. The zero-order valence-corrected chi connectivity index (χ0v) is 28.2. The molecule has 1 N–H and O–H groups in total. The highest BCUT2D eigenvalue weighted by atomic mass is 79.9. The topological polar surface area (TPSA) is 105 Å². The van der Waals surface area contributed by atoms with Crippen LogP contribution in [-0.4, -0.2) is 57.5 Å². The van der Waals surface area contributed by atoms with Gasteiger partial charge in [-0.2, -0.15) is 0 Å². The summed E-state index contributed by atoms with van der Waals surface area (Å²) in [6, 6.07) is 24.8. The van der Waals surface area contributed by atoms with Gasteiger partial charge in [0.15, 0.2) is 11.5 Å². The third-order valence-corrected chi connectivity index (χ3v) is 9.82. The Morgan fingerprint density at radius 3 is 2.30 bits per heavy atom. The van der Waals surface area contributed by atoms with Crippen LogP contribution in [0.5, 0.6) is 11.5 Å². The van der Waals surface area contributed by atoms with Crippen LogP contribution in [0, 0.1) is 5.82 Å². The van der Waals surface area contributed by atoms with Gasteiger partial charge in [0.05, 0.1) is 10.6 Å². The van der Waals surface area contributed by atoms with Crippen molar-refractivity contribution >= 4 is 43.5 Å². The molecule has 4 aromatic rings. The van der Waals surface area contributed by atoms with Gasteiger partial charge in [-0.05, 0) is 66.1 Å². The van der Waals surface area contributed by atoms with E-state index in [0.29, 0.717) is 25.3 Å². The van der Waals surface area contributed by atoms with E-state index in [1.807, 2.05) is 61.5 Å². The van der Waals surface area contributed by atoms with Crippen molar-refractivity contribution in [2.24, 2.45) is 0 Å². The van der Waals surface area contributed by atoms with Crippen molar-refractivity contribution in [3.63, 3.8) is 0 Å². The standard InChI is InChI=1S/C35H35BrFN3O6S/c1-2-17-38-35(42)31(21-25-7-4-3-5-8-25)39(23-26-9-6-10-27(36)20-26)34(41)24-40(29-13-11-28(37)12-14-29)47(43,44)30-15-16-32-33(22-30)46-19-18-45-32/h3-16,20,22,31H,2,17-19,21,23-24H2,1H3,(H,38,42)/t31-/m0/s1. The minimum atomic E-state index is -4.41. The summed E-state index contributed by atoms with van der Waals surface area (Å²) in [7, 11) is -4.41. The van der Waals surface area contributed by atoms with E-state index in [2.05, 4.69) is 21.2 Å². The molecule has 1 aliphatic heterocycles. The first kappa shape index (κ1) is 33.9. The van der Waals surface area contributed by atoms with Crippen LogP contribution in [0.1, 0.15) is 24.5 Å². The molecule has 246 valence electrons. The highest BCUT2D eigenvalue weighted by molar-refractivity contribution is 9.10. The van der Waals surface area contributed by atoms with E-state index in [9.17, 15) is 22.4 Å². The summed E-state index contributed by atoms with van der Waals surface area (Å²) in [4.78, 5) is 29.5. The summed E-state index contributed by atoms with van der Waals surface area (Å²) >= 11 is 3.48. The van der Waals surface area contributed by atoms with Crippen LogP contribution in [0.2, 0.25) is 0 Å². The van der Waals surface area contributed by atoms with Crippen LogP contribution in [0.25, 0.3) is 0 Å². The second-order valence-electron chi connectivity index (χ2n) is 10.9. The van der Waals surface area contributed by atoms with Crippen molar-refractivity contribution < 1.29 is 31.9 Å². The molecule has 9 nitrogen and oxygen atoms in total. The predicted molar refractivity (Wildman–Crippen MR) is 180 cm³/mol. The number of anilines is 1. The number of hydrogen-bond donors (Lipinski definition) is 1. The van der Waals surface area contributed by atoms with Gasteiger partial charge in [0.25, 0.3) is 10.0 Å². The van der Waals surface area contributed by atoms with Crippen molar-refractivity contribution in [1.82, 2.24) is 10.2 Å². The number of benzene rings is 4. The fourth-order valence-electron chi connectivity index (χ4n) is 5.20. The lowest BCUT2D eigenvalue weighted by Crippen LogP contribution is -2.53. The maximum absolute atomic E-state index is 14.5. The maximum atomic E-state index is 14.5. The number of carbonyl (C=O) groups excluding carboxylic acids is 2. The minimum absolute atomic E-state index is 0.0245. The normalized spacial score (nSPS) is 13.0. The summed E-state index contributed by atoms with van der Waals surface area (Å²) in [6.45, 7) is 2.28. The number of sulfonamides is 1. The highest BCUT2D eigenvalue weighted by Crippen LogP contribution is 2.34. The molecule has 4 aromatic carbocycles. The number of carbonyl (C=O) groups is 2. The van der Waals surface area contributed by atoms with Gasteiger partial charge in [-0.15, -0.1) is 0 Å². The van der Waals surface area contributed by atoms with E-state index in [1.165, 1.54) is 35.2 Å². The predicted octanol–water partition coefficient (Wildman–Crippen LogP) is 5.72. The molecule has 2 amide bonds. The summed E-state index contributed by atoms with van der Waals surface area (Å²) in [5, 5.41) is 2.92. The molecule has 5 rings (SSSR count). The lowest BCUT2D eigenvalue weighted by Gasteiger charge is -2.34. The van der Waals surface area contributed by atoms with E-state index in [0.717, 1.165) is 32.0 Å². The fraction of sp³-hybridized carbons (Fsp3) is 0.257. The Bertz CT molecular complexity index is 1810. The van der Waals surface area contributed by atoms with E-state index < -0.39 is 34.3 Å². The molecule has 1 aliphatic rings. The van der Waals surface area contributed by atoms with E-state index in [1.54, 1.807) is 0 Å². The average Bonchev–Trinajstić information content (AvgIpc) is 3.08. The minimum Gasteiger partial charge on any atom is -0.486 e. The Kier molecular flexibility index (Phi) is 11.2. The first-order valence-electron chi connectivity index (χ1n) is 15.2. The number of nitrogens with zero attached hydrogens (tertiary/aromatic N) is 2. The van der Waals surface area contributed by atoms with Crippen LogP contribution in [0.4, 0.5) is 10.1 Å². The Morgan fingerprint density at radius 2 is 1.60 bits per heavy atom. The summed E-state index contributed by atoms with van der Waals surface area (Å²) in [5.41, 5.74) is 1.64. The lowest BCUT2D eigenvalue weighted by molar-refractivity contribution is -0.140. The number of hydrogen-bond acceptors (Lipinski definition) is 6. The first-order chi connectivity index (χ1) is 22.7. The molecule has 0 aromatic heterocycles. The van der Waals surface area contributed by atoms with Gasteiger partial charge in [-0.25, -0.2) is 12.8 Å². The Balaban J connectivity index is 1.57. The molecule has 0 bridgehead atoms. The smallest absolute Gasteiger partial charge is 0.264 e. The molecule has 0 saturated carbocycles. The summed E-state index contributed by atoms with van der Waals surface area (Å²) < 4.78 is 55.5. The average molecular weight is 725 g/mol. The number of amides is 2. The number of rotatable bonds is 13. The van der Waals surface area contributed by atoms with Crippen LogP contribution < -0.4 is 19.1 Å². The molecule has 1 atom stereocenters. The lowest BCUT2D eigenvalue weighted by atomic mass is 10.0. The molecular formula is C35H35BrFN3O6S. The Hall–Kier alpha value is -4.42. The highest BCUT2D eigenvalue weighted by Gasteiger charge is 2.35. The SMILES string of the molecule is CCCNC(=O)[C@H](Cc1ccccc1)N(Cc1cccc(Br)c1)C(=O)CN(c1ccc(F)cc1)S(=O)(=O)c1ccc2c(c1)OCCO2. The molecule has 0 aliphatic carbocycles. The fourth-order valence-corrected chi connectivity index (χ4v) is 7.08. The molecule has 0 spiro atoms. The Morgan fingerprint density at radius 1 is 0.894 bits per heavy atom. The molecule has 0 saturated heterocycles. The summed E-state index contributed by atoms with van der Waals surface area (Å²) in [5.74, 6) is -0.884. The molecule has 0 fully saturated rings. The molecule has 12 heteroatoms. The monoisotopic (exact) mass is 723 g/mol. The summed E-state index contributed by atoms with van der Waals surface area (Å²) in [6.07, 6.45) is 0.886. The van der Waals surface area contributed by atoms with E-state index in [-0.39, 0.29) is 41.8 Å². The van der Waals surface area contributed by atoms with Crippen molar-refractivity contribution in [2.75, 3.05) is 30.6 Å². The van der Waals surface area contributed by atoms with Crippen molar-refractivity contribution in [2.45, 2.75) is 37.2 Å². The second-order valence-corrected chi connectivity index (χ2v) is 13.7. The van der Waals surface area contributed by atoms with Gasteiger partial charge in [0, 0.05) is 30.0 Å². The van der Waals surface area contributed by atoms with Gasteiger partial charge in [-0.3, -0.25) is 13.9 Å². The van der Waals surface area contributed by atoms with E-state index >= 15 is 0 Å². The molecule has 47 heavy (non-hydrogen) atoms. The van der Waals surface area contributed by atoms with Gasteiger partial charge in [0.1, 0.15) is 31.6 Å². The van der Waals surface area contributed by atoms with Crippen LogP contribution >= 0.6 is 15.9 Å². The quantitative estimate of drug-likeness (QED) is 0.189. The van der Waals surface area contributed by atoms with Crippen LogP contribution in [-0.2, 0) is 32.6 Å². The number of fused-ring (bicyclic) bond motifs is 1. The van der Waals surface area contributed by atoms with Crippen LogP contribution in [0.3, 0.4) is 0 Å². The number of nitrogens with one attached hydrogen (secondary N) is 1.